The molecule has 4 aliphatic rings. The van der Waals surface area contributed by atoms with E-state index in [1.807, 2.05) is 91.2 Å². The molecule has 2 fully saturated rings. The SMILES string of the molecule is CO[C@@H]1/C=C/C=C(\C)Cc2cc(C)c(Cl)c(c2)N(C)C(=O)C[C@H](OC(=O)[C@H](C)N(C)C(=O)CCN(CCO[Si](C)(C)C(C)(C)C)C(=O)CN(CCO[Si](C)(C)C(C)(C)C)C(=O)CNC(=O)CCn2c(CN(C)N(C)C(=O)OCC3c4ccccc4-c4ccccc43)cc3ccccc32)[C@]2(C)OC2[C@H](C)[C@@H]2C[C@]1(O)NC(=O)O2. The molecule has 610 valence electrons. The normalized spacial score (nSPS) is 21.9. The number of allylic oxidation sites excluding steroid dienone is 3. The third kappa shape index (κ3) is 20.6. The Balaban J connectivity index is 0.880. The number of nitrogens with zero attached hydrogens (tertiary/aromatic N) is 7. The minimum atomic E-state index is -2.39. The molecule has 8 atom stereocenters. The number of methoxy groups -OCH3 is 1. The summed E-state index contributed by atoms with van der Waals surface area (Å²) in [5.74, 6) is -4.07. The van der Waals surface area contributed by atoms with E-state index in [9.17, 15) is 38.7 Å². The van der Waals surface area contributed by atoms with Crippen molar-refractivity contribution < 1.29 is 76.0 Å². The summed E-state index contributed by atoms with van der Waals surface area (Å²) in [6.07, 6.45) is -0.500. The molecule has 112 heavy (non-hydrogen) atoms. The van der Waals surface area contributed by atoms with Gasteiger partial charge in [0.2, 0.25) is 29.5 Å². The number of epoxide rings is 1. The monoisotopic (exact) mass is 1600 g/mol. The number of ether oxygens (including phenoxy) is 5. The number of amides is 7. The minimum absolute atomic E-state index is 0.00549. The lowest BCUT2D eigenvalue weighted by Crippen LogP contribution is -2.63. The van der Waals surface area contributed by atoms with Gasteiger partial charge in [-0.1, -0.05) is 157 Å². The van der Waals surface area contributed by atoms with Crippen LogP contribution < -0.4 is 15.5 Å². The molecular formula is C84H118ClN9O16Si2. The van der Waals surface area contributed by atoms with Crippen LogP contribution in [0, 0.1) is 12.8 Å². The molecule has 0 radical (unpaired) electrons. The van der Waals surface area contributed by atoms with Crippen molar-refractivity contribution in [1.29, 1.82) is 0 Å². The second kappa shape index (κ2) is 36.1. The van der Waals surface area contributed by atoms with Gasteiger partial charge in [-0.25, -0.2) is 24.4 Å². The van der Waals surface area contributed by atoms with E-state index < -0.39 is 132 Å². The fourth-order valence-corrected chi connectivity index (χ4v) is 16.6. The number of likely N-dealkylation sites (N-methyl/N-ethyl adjacent to an activating group) is 1. The lowest BCUT2D eigenvalue weighted by Gasteiger charge is -2.42. The number of nitrogens with one attached hydrogen (secondary N) is 2. The van der Waals surface area contributed by atoms with Crippen LogP contribution >= 0.6 is 11.6 Å². The van der Waals surface area contributed by atoms with Gasteiger partial charge in [0, 0.05) is 104 Å². The van der Waals surface area contributed by atoms with Crippen LogP contribution in [0.4, 0.5) is 15.3 Å². The fourth-order valence-electron chi connectivity index (χ4n) is 14.3. The van der Waals surface area contributed by atoms with Gasteiger partial charge in [-0.05, 0) is 127 Å². The number of hydrogen-bond acceptors (Lipinski definition) is 17. The zero-order chi connectivity index (χ0) is 82.3. The Morgan fingerprint density at radius 1 is 0.812 bits per heavy atom. The Kier molecular flexibility index (Phi) is 28.2. The van der Waals surface area contributed by atoms with Crippen molar-refractivity contribution in [2.24, 2.45) is 5.92 Å². The van der Waals surface area contributed by atoms with Crippen molar-refractivity contribution in [3.8, 4) is 11.1 Å². The molecule has 3 N–H and O–H groups in total. The van der Waals surface area contributed by atoms with Crippen LogP contribution in [-0.2, 0) is 80.8 Å². The Bertz CT molecular complexity index is 4300. The predicted molar refractivity (Wildman–Crippen MR) is 437 cm³/mol. The summed E-state index contributed by atoms with van der Waals surface area (Å²) in [6, 6.07) is 28.7. The van der Waals surface area contributed by atoms with Crippen LogP contribution in [0.5, 0.6) is 0 Å². The second-order valence-corrected chi connectivity index (χ2v) is 43.7. The number of benzene rings is 4. The Labute approximate surface area is 667 Å². The molecule has 3 aliphatic heterocycles. The average Bonchev–Trinajstić information content (AvgIpc) is 1.57. The lowest BCUT2D eigenvalue weighted by molar-refractivity contribution is -0.162. The smallest absolute Gasteiger partial charge is 0.424 e. The van der Waals surface area contributed by atoms with Crippen LogP contribution in [0.2, 0.25) is 41.3 Å². The molecule has 1 unspecified atom stereocenters. The fraction of sp³-hybridized carbons (Fsp3) is 0.548. The maximum atomic E-state index is 15.0. The number of halogens is 1. The van der Waals surface area contributed by atoms with Gasteiger partial charge in [-0.15, -0.1) is 0 Å². The molecule has 4 bridgehead atoms. The molecule has 7 amide bonds. The summed E-state index contributed by atoms with van der Waals surface area (Å²) >= 11 is 6.96. The molecule has 1 aliphatic carbocycles. The van der Waals surface area contributed by atoms with Gasteiger partial charge in [-0.2, -0.15) is 0 Å². The first-order chi connectivity index (χ1) is 52.5. The number of carbonyl (C=O) groups is 8. The highest BCUT2D eigenvalue weighted by molar-refractivity contribution is 6.74. The van der Waals surface area contributed by atoms with Gasteiger partial charge < -0.3 is 67.1 Å². The molecule has 9 rings (SSSR count). The molecule has 5 aromatic rings. The van der Waals surface area contributed by atoms with E-state index in [1.54, 1.807) is 52.2 Å². The number of alkyl carbamates (subject to hydrolysis) is 1. The first-order valence-electron chi connectivity index (χ1n) is 38.7. The van der Waals surface area contributed by atoms with Gasteiger partial charge >= 0.3 is 18.2 Å². The van der Waals surface area contributed by atoms with E-state index in [0.29, 0.717) is 17.1 Å². The molecule has 2 saturated heterocycles. The standard InChI is InChI=1S/C84H118ClN9O16Si2/c1-54-28-27-35-69(104-16)84(103)49-68(108-79(101)87-84)56(3)77-83(11,110-77)70(48-73(97)90(14)67-46-58(44-54)45-55(2)76(67)85)109-78(100)57(4)89(13)72(96)37-38-92(40-42-106-111(17,18)81(5,6)7)75(99)52-93(41-43-107-112(19,20)82(8,9)10)74(98)50-86-71(95)36-39-94-60(47-59-29-21-26-34-66(59)94)51-88(12)91(15)80(102)105-53-65-63-32-24-22-30-61(63)62-31-23-25-33-64(62)65/h21-35,45-47,56-57,65,68-70,77,103H,36-44,48-53H2,1-20H3,(H,86,95)(H,87,101)/b35-27+,54-28+/t56-,57+,68+,69-,70+,77?,83+,84-/m1/s1. The number of anilines is 1. The second-order valence-electron chi connectivity index (χ2n) is 33.7. The quantitative estimate of drug-likeness (QED) is 0.0145. The number of carbonyl (C=O) groups excluding carboxylic acids is 8. The third-order valence-corrected chi connectivity index (χ3v) is 33.4. The van der Waals surface area contributed by atoms with Gasteiger partial charge in [0.15, 0.2) is 22.4 Å². The zero-order valence-electron chi connectivity index (χ0n) is 69.1. The van der Waals surface area contributed by atoms with E-state index in [0.717, 1.165) is 55.6 Å². The van der Waals surface area contributed by atoms with Crippen LogP contribution in [0.1, 0.15) is 129 Å². The molecule has 4 heterocycles. The van der Waals surface area contributed by atoms with E-state index in [-0.39, 0.29) is 87.8 Å². The highest BCUT2D eigenvalue weighted by Gasteiger charge is 2.65. The number of rotatable bonds is 27. The number of fused-ring (bicyclic) bond motifs is 9. The van der Waals surface area contributed by atoms with Crippen LogP contribution in [0.3, 0.4) is 0 Å². The number of aromatic nitrogens is 1. The number of para-hydroxylation sites is 1. The van der Waals surface area contributed by atoms with Crippen molar-refractivity contribution in [2.75, 3.05) is 92.7 Å². The maximum absolute atomic E-state index is 15.0. The number of aryl methyl sites for hydroxylation is 2. The highest BCUT2D eigenvalue weighted by atomic mass is 35.5. The van der Waals surface area contributed by atoms with Crippen LogP contribution in [-0.4, -0.2) is 228 Å². The third-order valence-electron chi connectivity index (χ3n) is 23.8. The van der Waals surface area contributed by atoms with Crippen molar-refractivity contribution in [3.05, 3.63) is 148 Å². The zero-order valence-corrected chi connectivity index (χ0v) is 71.9. The number of aliphatic hydroxyl groups is 1. The molecule has 25 nitrogen and oxygen atoms in total. The topological polar surface area (TPSA) is 273 Å². The highest BCUT2D eigenvalue weighted by Crippen LogP contribution is 2.50. The van der Waals surface area contributed by atoms with Crippen molar-refractivity contribution in [2.45, 2.75) is 205 Å². The number of hydrazine groups is 1. The van der Waals surface area contributed by atoms with Crippen LogP contribution in [0.15, 0.2) is 115 Å². The summed E-state index contributed by atoms with van der Waals surface area (Å²) in [6.45, 7) is 29.7. The van der Waals surface area contributed by atoms with E-state index >= 15 is 4.79 Å². The first-order valence-corrected chi connectivity index (χ1v) is 44.9. The number of esters is 1. The summed E-state index contributed by atoms with van der Waals surface area (Å²) in [4.78, 5) is 120. The van der Waals surface area contributed by atoms with Crippen LogP contribution in [0.25, 0.3) is 22.0 Å². The van der Waals surface area contributed by atoms with E-state index in [2.05, 4.69) is 103 Å². The van der Waals surface area contributed by atoms with Crippen molar-refractivity contribution >= 4 is 92.5 Å². The largest absolute Gasteiger partial charge is 0.457 e. The van der Waals surface area contributed by atoms with Gasteiger partial charge in [0.25, 0.3) is 0 Å². The summed E-state index contributed by atoms with van der Waals surface area (Å²) < 4.78 is 45.5. The molecule has 0 spiro atoms. The molecule has 1 aromatic heterocycles. The molecule has 4 aromatic carbocycles. The van der Waals surface area contributed by atoms with Gasteiger partial charge in [0.05, 0.1) is 56.1 Å². The number of hydrogen-bond donors (Lipinski definition) is 3. The Hall–Kier alpha value is -8.26. The summed E-state index contributed by atoms with van der Waals surface area (Å²) in [7, 11) is 3.14. The predicted octanol–water partition coefficient (Wildman–Crippen LogP) is 12.3. The summed E-state index contributed by atoms with van der Waals surface area (Å²) in [5.41, 5.74) is 5.84. The van der Waals surface area contributed by atoms with Crippen molar-refractivity contribution in [3.63, 3.8) is 0 Å². The summed E-state index contributed by atoms with van der Waals surface area (Å²) in [5, 5.41) is 21.6. The van der Waals surface area contributed by atoms with Gasteiger partial charge in [0.1, 0.15) is 36.6 Å². The minimum Gasteiger partial charge on any atom is -0.457 e. The Morgan fingerprint density at radius 2 is 1.42 bits per heavy atom. The molecule has 0 saturated carbocycles. The maximum Gasteiger partial charge on any atom is 0.424 e. The molecule has 28 heteroatoms. The van der Waals surface area contributed by atoms with E-state index in [4.69, 9.17) is 44.1 Å². The first kappa shape index (κ1) is 87.7. The lowest BCUT2D eigenvalue weighted by atomic mass is 9.83. The Morgan fingerprint density at radius 3 is 2.04 bits per heavy atom. The van der Waals surface area contributed by atoms with E-state index in [1.165, 1.54) is 45.7 Å². The molecular weight excluding hydrogens is 1480 g/mol. The van der Waals surface area contributed by atoms with Crippen molar-refractivity contribution in [1.82, 2.24) is 39.9 Å². The average molecular weight is 1600 g/mol. The van der Waals surface area contributed by atoms with Gasteiger partial charge in [-0.3, -0.25) is 29.3 Å².